The van der Waals surface area contributed by atoms with E-state index < -0.39 is 4.92 Å². The van der Waals surface area contributed by atoms with Crippen LogP contribution in [-0.4, -0.2) is 4.92 Å². The predicted octanol–water partition coefficient (Wildman–Crippen LogP) is 4.14. The van der Waals surface area contributed by atoms with Gasteiger partial charge in [-0.25, -0.2) is 0 Å². The second-order valence-electron chi connectivity index (χ2n) is 4.14. The highest BCUT2D eigenvalue weighted by Gasteiger charge is 2.15. The van der Waals surface area contributed by atoms with Crippen LogP contribution in [0.5, 0.6) is 5.75 Å². The largest absolute Gasteiger partial charge is 0.482 e. The summed E-state index contributed by atoms with van der Waals surface area (Å²) in [6.07, 6.45) is 0. The van der Waals surface area contributed by atoms with E-state index in [0.29, 0.717) is 5.02 Å². The molecule has 0 aliphatic heterocycles. The molecule has 0 amide bonds. The second-order valence-corrected chi connectivity index (χ2v) is 4.58. The Morgan fingerprint density at radius 1 is 1.21 bits per heavy atom. The van der Waals surface area contributed by atoms with Crippen LogP contribution in [0.1, 0.15) is 11.1 Å². The van der Waals surface area contributed by atoms with Crippen molar-refractivity contribution in [2.45, 2.75) is 13.5 Å². The molecule has 4 nitrogen and oxygen atoms in total. The van der Waals surface area contributed by atoms with Crippen LogP contribution in [0.4, 0.5) is 5.69 Å². The molecule has 5 heteroatoms. The van der Waals surface area contributed by atoms with Gasteiger partial charge in [0.1, 0.15) is 6.61 Å². The smallest absolute Gasteiger partial charge is 0.312 e. The van der Waals surface area contributed by atoms with Crippen molar-refractivity contribution in [1.29, 1.82) is 0 Å². The van der Waals surface area contributed by atoms with Crippen molar-refractivity contribution in [3.63, 3.8) is 0 Å². The van der Waals surface area contributed by atoms with Gasteiger partial charge in [-0.3, -0.25) is 10.1 Å². The molecule has 2 rings (SSSR count). The number of aryl methyl sites for hydroxylation is 1. The zero-order valence-electron chi connectivity index (χ0n) is 10.3. The van der Waals surface area contributed by atoms with Crippen LogP contribution in [0.2, 0.25) is 5.02 Å². The molecule has 0 fully saturated rings. The molecule has 0 heterocycles. The molecule has 0 spiro atoms. The van der Waals surface area contributed by atoms with Gasteiger partial charge < -0.3 is 4.74 Å². The van der Waals surface area contributed by atoms with Gasteiger partial charge in [-0.2, -0.15) is 0 Å². The molecule has 0 atom stereocenters. The first-order valence-corrected chi connectivity index (χ1v) is 6.06. The number of hydrogen-bond donors (Lipinski definition) is 0. The summed E-state index contributed by atoms with van der Waals surface area (Å²) in [6, 6.07) is 12.2. The van der Waals surface area contributed by atoms with Crippen molar-refractivity contribution in [1.82, 2.24) is 0 Å². The number of rotatable bonds is 4. The Kier molecular flexibility index (Phi) is 4.02. The molecule has 0 bridgehead atoms. The lowest BCUT2D eigenvalue weighted by molar-refractivity contribution is -0.385. The number of nitrogens with zero attached hydrogens (tertiary/aromatic N) is 1. The summed E-state index contributed by atoms with van der Waals surface area (Å²) in [4.78, 5) is 10.4. The maximum Gasteiger partial charge on any atom is 0.312 e. The first kappa shape index (κ1) is 13.4. The highest BCUT2D eigenvalue weighted by Crippen LogP contribution is 2.30. The van der Waals surface area contributed by atoms with Crippen molar-refractivity contribution in [2.75, 3.05) is 0 Å². The number of halogens is 1. The minimum absolute atomic E-state index is 0.125. The molecule has 0 N–H and O–H groups in total. The topological polar surface area (TPSA) is 52.4 Å². The van der Waals surface area contributed by atoms with Crippen LogP contribution in [0, 0.1) is 17.0 Å². The van der Waals surface area contributed by atoms with Gasteiger partial charge in [0.05, 0.1) is 4.92 Å². The normalized spacial score (nSPS) is 10.2. The van der Waals surface area contributed by atoms with Gasteiger partial charge in [-0.15, -0.1) is 0 Å². The molecule has 2 aromatic rings. The fourth-order valence-corrected chi connectivity index (χ4v) is 1.77. The third-order valence-electron chi connectivity index (χ3n) is 2.63. The van der Waals surface area contributed by atoms with E-state index in [4.69, 9.17) is 16.3 Å². The Morgan fingerprint density at radius 3 is 2.53 bits per heavy atom. The van der Waals surface area contributed by atoms with Crippen LogP contribution >= 0.6 is 11.6 Å². The van der Waals surface area contributed by atoms with E-state index >= 15 is 0 Å². The van der Waals surface area contributed by atoms with Gasteiger partial charge in [0.2, 0.25) is 0 Å². The third-order valence-corrected chi connectivity index (χ3v) is 2.87. The zero-order chi connectivity index (χ0) is 13.8. The molecule has 0 unspecified atom stereocenters. The molecular formula is C14H12ClNO3. The summed E-state index contributed by atoms with van der Waals surface area (Å²) in [5.74, 6) is 0.218. The van der Waals surface area contributed by atoms with Crippen LogP contribution in [0.3, 0.4) is 0 Å². The molecule has 19 heavy (non-hydrogen) atoms. The van der Waals surface area contributed by atoms with E-state index in [-0.39, 0.29) is 18.0 Å². The summed E-state index contributed by atoms with van der Waals surface area (Å²) in [7, 11) is 0. The molecular weight excluding hydrogens is 266 g/mol. The molecule has 0 saturated heterocycles. The Bertz CT molecular complexity index is 596. The minimum atomic E-state index is -0.504. The number of nitro groups is 1. The monoisotopic (exact) mass is 277 g/mol. The molecule has 98 valence electrons. The van der Waals surface area contributed by atoms with Crippen LogP contribution < -0.4 is 4.74 Å². The first-order valence-electron chi connectivity index (χ1n) is 5.68. The van der Waals surface area contributed by atoms with E-state index in [0.717, 1.165) is 11.1 Å². The Morgan fingerprint density at radius 2 is 1.89 bits per heavy atom. The quantitative estimate of drug-likeness (QED) is 0.623. The summed E-state index contributed by atoms with van der Waals surface area (Å²) < 4.78 is 5.48. The number of ether oxygens (including phenoxy) is 1. The fourth-order valence-electron chi connectivity index (χ4n) is 1.60. The average Bonchev–Trinajstić information content (AvgIpc) is 2.39. The van der Waals surface area contributed by atoms with E-state index in [2.05, 4.69) is 0 Å². The van der Waals surface area contributed by atoms with Gasteiger partial charge in [-0.05, 0) is 24.6 Å². The second kappa shape index (κ2) is 5.71. The first-order chi connectivity index (χ1) is 9.06. The Hall–Kier alpha value is -2.07. The molecule has 2 aromatic carbocycles. The third kappa shape index (κ3) is 3.45. The van der Waals surface area contributed by atoms with E-state index in [1.54, 1.807) is 6.07 Å². The average molecular weight is 278 g/mol. The van der Waals surface area contributed by atoms with Crippen molar-refractivity contribution < 1.29 is 9.66 Å². The SMILES string of the molecule is Cc1ccc(COc2ccc(Cl)cc2[N+](=O)[O-])cc1. The van der Waals surface area contributed by atoms with Gasteiger partial charge in [0.15, 0.2) is 5.75 Å². The fraction of sp³-hybridized carbons (Fsp3) is 0.143. The number of nitro benzene ring substituents is 1. The molecule has 0 radical (unpaired) electrons. The van der Waals surface area contributed by atoms with E-state index in [1.165, 1.54) is 12.1 Å². The van der Waals surface area contributed by atoms with Gasteiger partial charge in [0, 0.05) is 11.1 Å². The zero-order valence-corrected chi connectivity index (χ0v) is 11.1. The lowest BCUT2D eigenvalue weighted by Gasteiger charge is -2.07. The molecule has 0 aliphatic carbocycles. The lowest BCUT2D eigenvalue weighted by atomic mass is 10.2. The van der Waals surface area contributed by atoms with Crippen LogP contribution in [-0.2, 0) is 6.61 Å². The summed E-state index contributed by atoms with van der Waals surface area (Å²) in [5.41, 5.74) is 1.98. The van der Waals surface area contributed by atoms with E-state index in [1.807, 2.05) is 31.2 Å². The van der Waals surface area contributed by atoms with Crippen molar-refractivity contribution >= 4 is 17.3 Å². The van der Waals surface area contributed by atoms with E-state index in [9.17, 15) is 10.1 Å². The maximum atomic E-state index is 10.9. The van der Waals surface area contributed by atoms with Gasteiger partial charge in [0.25, 0.3) is 0 Å². The van der Waals surface area contributed by atoms with Crippen molar-refractivity contribution in [2.24, 2.45) is 0 Å². The number of hydrogen-bond acceptors (Lipinski definition) is 3. The summed E-state index contributed by atoms with van der Waals surface area (Å²) in [6.45, 7) is 2.28. The molecule has 0 aromatic heterocycles. The highest BCUT2D eigenvalue weighted by atomic mass is 35.5. The minimum Gasteiger partial charge on any atom is -0.482 e. The van der Waals surface area contributed by atoms with Gasteiger partial charge in [-0.1, -0.05) is 41.4 Å². The van der Waals surface area contributed by atoms with Crippen molar-refractivity contribution in [3.8, 4) is 5.75 Å². The van der Waals surface area contributed by atoms with Crippen LogP contribution in [0.25, 0.3) is 0 Å². The molecule has 0 aliphatic rings. The summed E-state index contributed by atoms with van der Waals surface area (Å²) >= 11 is 5.74. The maximum absolute atomic E-state index is 10.9. The lowest BCUT2D eigenvalue weighted by Crippen LogP contribution is -1.99. The summed E-state index contributed by atoms with van der Waals surface area (Å²) in [5, 5.41) is 11.2. The number of benzene rings is 2. The Labute approximate surface area is 115 Å². The molecule has 0 saturated carbocycles. The predicted molar refractivity (Wildman–Crippen MR) is 73.6 cm³/mol. The standard InChI is InChI=1S/C14H12ClNO3/c1-10-2-4-11(5-3-10)9-19-14-7-6-12(15)8-13(14)16(17)18/h2-8H,9H2,1H3. The Balaban J connectivity index is 2.15. The van der Waals surface area contributed by atoms with Crippen LogP contribution in [0.15, 0.2) is 42.5 Å². The van der Waals surface area contributed by atoms with Crippen molar-refractivity contribution in [3.05, 3.63) is 68.7 Å². The highest BCUT2D eigenvalue weighted by molar-refractivity contribution is 6.30. The van der Waals surface area contributed by atoms with Gasteiger partial charge >= 0.3 is 5.69 Å².